The molecule has 0 fully saturated rings. The third-order valence-electron chi connectivity index (χ3n) is 3.17. The van der Waals surface area contributed by atoms with Gasteiger partial charge >= 0.3 is 7.60 Å². The number of benzene rings is 1. The summed E-state index contributed by atoms with van der Waals surface area (Å²) in [7, 11) is -0.212. The average molecular weight is 359 g/mol. The van der Waals surface area contributed by atoms with Crippen LogP contribution in [0.15, 0.2) is 18.2 Å². The van der Waals surface area contributed by atoms with Gasteiger partial charge in [0.15, 0.2) is 11.5 Å². The molecule has 0 radical (unpaired) electrons. The summed E-state index contributed by atoms with van der Waals surface area (Å²) in [6.07, 6.45) is 0.334. The summed E-state index contributed by atoms with van der Waals surface area (Å²) in [4.78, 5) is 11.9. The minimum Gasteiger partial charge on any atom is -0.493 e. The Labute approximate surface area is 143 Å². The van der Waals surface area contributed by atoms with Crippen LogP contribution >= 0.6 is 7.60 Å². The van der Waals surface area contributed by atoms with Crippen molar-refractivity contribution < 1.29 is 27.9 Å². The average Bonchev–Trinajstić information content (AvgIpc) is 2.54. The van der Waals surface area contributed by atoms with Crippen LogP contribution in [-0.2, 0) is 24.8 Å². The predicted octanol–water partition coefficient (Wildman–Crippen LogP) is 2.63. The molecular formula is C16H26NO6P. The van der Waals surface area contributed by atoms with Crippen molar-refractivity contribution in [3.05, 3.63) is 23.8 Å². The molecule has 0 aliphatic carbocycles. The zero-order valence-electron chi connectivity index (χ0n) is 14.7. The van der Waals surface area contributed by atoms with Gasteiger partial charge < -0.3 is 23.8 Å². The standard InChI is InChI=1S/C16H26NO6P/c1-5-22-24(19,23-6-2)12-16(18)17-10-9-13-7-8-14(20-3)15(11-13)21-4/h7-8,11H,5-6,9-10,12H2,1-4H3,(H,17,18). The van der Waals surface area contributed by atoms with Crippen molar-refractivity contribution in [2.24, 2.45) is 0 Å². The van der Waals surface area contributed by atoms with Crippen LogP contribution in [0.1, 0.15) is 19.4 Å². The van der Waals surface area contributed by atoms with Crippen LogP contribution in [0.3, 0.4) is 0 Å². The number of amides is 1. The molecule has 8 heteroatoms. The van der Waals surface area contributed by atoms with E-state index in [2.05, 4.69) is 5.32 Å². The van der Waals surface area contributed by atoms with E-state index in [1.807, 2.05) is 18.2 Å². The van der Waals surface area contributed by atoms with Gasteiger partial charge in [-0.15, -0.1) is 0 Å². The lowest BCUT2D eigenvalue weighted by Gasteiger charge is -2.16. The number of hydrogen-bond acceptors (Lipinski definition) is 6. The van der Waals surface area contributed by atoms with E-state index in [0.717, 1.165) is 5.56 Å². The highest BCUT2D eigenvalue weighted by Gasteiger charge is 2.27. The van der Waals surface area contributed by atoms with E-state index in [0.29, 0.717) is 24.5 Å². The molecular weight excluding hydrogens is 333 g/mol. The zero-order valence-corrected chi connectivity index (χ0v) is 15.6. The van der Waals surface area contributed by atoms with Crippen molar-refractivity contribution in [1.82, 2.24) is 5.32 Å². The Balaban J connectivity index is 2.52. The van der Waals surface area contributed by atoms with Crippen molar-refractivity contribution in [2.45, 2.75) is 20.3 Å². The number of methoxy groups -OCH3 is 2. The molecule has 0 spiro atoms. The predicted molar refractivity (Wildman–Crippen MR) is 92.0 cm³/mol. The van der Waals surface area contributed by atoms with E-state index >= 15 is 0 Å². The van der Waals surface area contributed by atoms with Crippen molar-refractivity contribution in [3.8, 4) is 11.5 Å². The van der Waals surface area contributed by atoms with Crippen molar-refractivity contribution in [1.29, 1.82) is 0 Å². The summed E-state index contributed by atoms with van der Waals surface area (Å²) in [6, 6.07) is 5.57. The molecule has 1 aromatic carbocycles. The maximum absolute atomic E-state index is 12.3. The molecule has 1 rings (SSSR count). The molecule has 0 bridgehead atoms. The lowest BCUT2D eigenvalue weighted by atomic mass is 10.1. The van der Waals surface area contributed by atoms with E-state index in [1.165, 1.54) is 0 Å². The Morgan fingerprint density at radius 3 is 2.25 bits per heavy atom. The van der Waals surface area contributed by atoms with E-state index in [9.17, 15) is 9.36 Å². The molecule has 0 unspecified atom stereocenters. The summed E-state index contributed by atoms with van der Waals surface area (Å²) < 4.78 is 32.9. The van der Waals surface area contributed by atoms with Crippen LogP contribution in [0.2, 0.25) is 0 Å². The van der Waals surface area contributed by atoms with Gasteiger partial charge in [-0.25, -0.2) is 0 Å². The second kappa shape index (κ2) is 10.3. The maximum Gasteiger partial charge on any atom is 0.340 e. The molecule has 7 nitrogen and oxygen atoms in total. The van der Waals surface area contributed by atoms with E-state index in [1.54, 1.807) is 28.1 Å². The lowest BCUT2D eigenvalue weighted by molar-refractivity contribution is -0.118. The Bertz CT molecular complexity index is 568. The summed E-state index contributed by atoms with van der Waals surface area (Å²) in [5.41, 5.74) is 0.991. The normalized spacial score (nSPS) is 11.2. The Morgan fingerprint density at radius 1 is 1.08 bits per heavy atom. The number of rotatable bonds is 11. The number of carbonyl (C=O) groups is 1. The lowest BCUT2D eigenvalue weighted by Crippen LogP contribution is -2.29. The summed E-state index contributed by atoms with van der Waals surface area (Å²) in [5.74, 6) is 0.930. The van der Waals surface area contributed by atoms with E-state index in [4.69, 9.17) is 18.5 Å². The first-order valence-electron chi connectivity index (χ1n) is 7.83. The highest BCUT2D eigenvalue weighted by atomic mass is 31.2. The fraction of sp³-hybridized carbons (Fsp3) is 0.562. The van der Waals surface area contributed by atoms with Gasteiger partial charge in [-0.1, -0.05) is 6.07 Å². The van der Waals surface area contributed by atoms with Crippen LogP contribution in [-0.4, -0.2) is 46.0 Å². The second-order valence-corrected chi connectivity index (χ2v) is 6.95. The van der Waals surface area contributed by atoms with Crippen LogP contribution in [0, 0.1) is 0 Å². The molecule has 0 saturated carbocycles. The van der Waals surface area contributed by atoms with Gasteiger partial charge in [-0.2, -0.15) is 0 Å². The molecule has 0 aromatic heterocycles. The largest absolute Gasteiger partial charge is 0.493 e. The molecule has 24 heavy (non-hydrogen) atoms. The van der Waals surface area contributed by atoms with Gasteiger partial charge in [0.05, 0.1) is 27.4 Å². The topological polar surface area (TPSA) is 83.1 Å². The Morgan fingerprint density at radius 2 is 1.71 bits per heavy atom. The van der Waals surface area contributed by atoms with Gasteiger partial charge in [0.2, 0.25) is 5.91 Å². The molecule has 1 amide bonds. The molecule has 1 N–H and O–H groups in total. The second-order valence-electron chi connectivity index (χ2n) is 4.89. The van der Waals surface area contributed by atoms with Gasteiger partial charge in [0, 0.05) is 6.54 Å². The molecule has 1 aromatic rings. The fourth-order valence-electron chi connectivity index (χ4n) is 2.14. The smallest absolute Gasteiger partial charge is 0.340 e. The zero-order chi connectivity index (χ0) is 18.0. The van der Waals surface area contributed by atoms with Crippen LogP contribution in [0.5, 0.6) is 11.5 Å². The quantitative estimate of drug-likeness (QED) is 0.612. The van der Waals surface area contributed by atoms with Crippen molar-refractivity contribution in [2.75, 3.05) is 40.1 Å². The molecule has 136 valence electrons. The first kappa shape index (κ1) is 20.5. The SMILES string of the molecule is CCOP(=O)(CC(=O)NCCc1ccc(OC)c(OC)c1)OCC. The Hall–Kier alpha value is -1.56. The summed E-state index contributed by atoms with van der Waals surface area (Å²) in [6.45, 7) is 4.29. The van der Waals surface area contributed by atoms with Gasteiger partial charge in [0.25, 0.3) is 0 Å². The summed E-state index contributed by atoms with van der Waals surface area (Å²) in [5, 5.41) is 2.73. The maximum atomic E-state index is 12.3. The molecule has 0 saturated heterocycles. The Kier molecular flexibility index (Phi) is 8.82. The highest BCUT2D eigenvalue weighted by molar-refractivity contribution is 7.54. The molecule has 0 heterocycles. The van der Waals surface area contributed by atoms with Crippen LogP contribution in [0.25, 0.3) is 0 Å². The van der Waals surface area contributed by atoms with Crippen LogP contribution in [0.4, 0.5) is 0 Å². The monoisotopic (exact) mass is 359 g/mol. The minimum absolute atomic E-state index is 0.232. The molecule has 0 atom stereocenters. The molecule has 0 aliphatic rings. The number of ether oxygens (including phenoxy) is 2. The first-order valence-corrected chi connectivity index (χ1v) is 9.56. The number of nitrogens with one attached hydrogen (secondary N) is 1. The number of hydrogen-bond donors (Lipinski definition) is 1. The third-order valence-corrected chi connectivity index (χ3v) is 5.15. The third kappa shape index (κ3) is 6.51. The van der Waals surface area contributed by atoms with Gasteiger partial charge in [-0.3, -0.25) is 9.36 Å². The summed E-state index contributed by atoms with van der Waals surface area (Å²) >= 11 is 0. The minimum atomic E-state index is -3.36. The van der Waals surface area contributed by atoms with Gasteiger partial charge in [-0.05, 0) is 38.0 Å². The van der Waals surface area contributed by atoms with Crippen LogP contribution < -0.4 is 14.8 Å². The number of carbonyl (C=O) groups excluding carboxylic acids is 1. The van der Waals surface area contributed by atoms with Crippen molar-refractivity contribution in [3.63, 3.8) is 0 Å². The fourth-order valence-corrected chi connectivity index (χ4v) is 3.64. The first-order chi connectivity index (χ1) is 11.5. The highest BCUT2D eigenvalue weighted by Crippen LogP contribution is 2.47. The van der Waals surface area contributed by atoms with E-state index in [-0.39, 0.29) is 25.3 Å². The van der Waals surface area contributed by atoms with E-state index < -0.39 is 7.60 Å². The van der Waals surface area contributed by atoms with Crippen molar-refractivity contribution >= 4 is 13.5 Å². The van der Waals surface area contributed by atoms with Gasteiger partial charge in [0.1, 0.15) is 6.16 Å². The molecule has 0 aliphatic heterocycles.